The molecule has 0 aliphatic carbocycles. The molecule has 0 aliphatic rings. The van der Waals surface area contributed by atoms with Crippen molar-refractivity contribution in [3.05, 3.63) is 85.8 Å². The summed E-state index contributed by atoms with van der Waals surface area (Å²) in [5.41, 5.74) is 1.63. The SMILES string of the molecule is Cc1cc(Cl)ccc1Oc1ccc2c(-c3c(Cl)cccc3Cl)c(=O)ncn2n1. The Kier molecular flexibility index (Phi) is 4.98. The van der Waals surface area contributed by atoms with E-state index >= 15 is 0 Å². The maximum Gasteiger partial charge on any atom is 0.281 e. The lowest BCUT2D eigenvalue weighted by atomic mass is 10.1. The summed E-state index contributed by atoms with van der Waals surface area (Å²) in [4.78, 5) is 16.4. The van der Waals surface area contributed by atoms with Crippen LogP contribution < -0.4 is 10.3 Å². The number of aromatic nitrogens is 3. The molecule has 0 atom stereocenters. The average Bonchev–Trinajstić information content (AvgIpc) is 2.65. The largest absolute Gasteiger partial charge is 0.437 e. The summed E-state index contributed by atoms with van der Waals surface area (Å²) >= 11 is 18.6. The molecule has 0 saturated carbocycles. The summed E-state index contributed by atoms with van der Waals surface area (Å²) in [7, 11) is 0. The molecular formula is C20H12Cl3N3O2. The first-order valence-electron chi connectivity index (χ1n) is 8.21. The van der Waals surface area contributed by atoms with Crippen molar-refractivity contribution in [3.8, 4) is 22.8 Å². The summed E-state index contributed by atoms with van der Waals surface area (Å²) in [6.07, 6.45) is 1.33. The molecule has 0 radical (unpaired) electrons. The van der Waals surface area contributed by atoms with E-state index in [-0.39, 0.29) is 5.56 Å². The number of hydrogen-bond acceptors (Lipinski definition) is 4. The number of rotatable bonds is 3. The van der Waals surface area contributed by atoms with Gasteiger partial charge in [-0.25, -0.2) is 4.52 Å². The Morgan fingerprint density at radius 2 is 1.71 bits per heavy atom. The van der Waals surface area contributed by atoms with Gasteiger partial charge in [0.25, 0.3) is 5.56 Å². The molecule has 0 N–H and O–H groups in total. The van der Waals surface area contributed by atoms with E-state index in [1.807, 2.05) is 6.92 Å². The monoisotopic (exact) mass is 431 g/mol. The predicted molar refractivity (Wildman–Crippen MR) is 111 cm³/mol. The molecule has 4 aromatic rings. The normalized spacial score (nSPS) is 11.0. The molecular weight excluding hydrogens is 421 g/mol. The van der Waals surface area contributed by atoms with Crippen molar-refractivity contribution in [3.63, 3.8) is 0 Å². The second-order valence-electron chi connectivity index (χ2n) is 6.03. The Bertz CT molecular complexity index is 1250. The molecule has 0 saturated heterocycles. The van der Waals surface area contributed by atoms with Gasteiger partial charge in [0.1, 0.15) is 12.1 Å². The molecule has 8 heteroatoms. The molecule has 2 aromatic carbocycles. The van der Waals surface area contributed by atoms with Crippen LogP contribution in [0.4, 0.5) is 0 Å². The lowest BCUT2D eigenvalue weighted by Gasteiger charge is -2.12. The van der Waals surface area contributed by atoms with E-state index in [0.29, 0.717) is 37.8 Å². The zero-order chi connectivity index (χ0) is 19.8. The van der Waals surface area contributed by atoms with Gasteiger partial charge in [0.15, 0.2) is 0 Å². The molecule has 0 bridgehead atoms. The van der Waals surface area contributed by atoms with Crippen LogP contribution in [0.5, 0.6) is 11.6 Å². The van der Waals surface area contributed by atoms with Crippen molar-refractivity contribution in [1.82, 2.24) is 14.6 Å². The number of ether oxygens (including phenoxy) is 1. The molecule has 0 spiro atoms. The molecule has 140 valence electrons. The summed E-state index contributed by atoms with van der Waals surface area (Å²) in [5.74, 6) is 0.958. The van der Waals surface area contributed by atoms with E-state index in [1.54, 1.807) is 48.5 Å². The number of benzene rings is 2. The van der Waals surface area contributed by atoms with E-state index in [0.717, 1.165) is 5.56 Å². The topological polar surface area (TPSA) is 56.5 Å². The fourth-order valence-electron chi connectivity index (χ4n) is 2.85. The lowest BCUT2D eigenvalue weighted by molar-refractivity contribution is 0.448. The highest BCUT2D eigenvalue weighted by Crippen LogP contribution is 2.35. The van der Waals surface area contributed by atoms with E-state index in [9.17, 15) is 4.79 Å². The summed E-state index contributed by atoms with van der Waals surface area (Å²) in [6.45, 7) is 1.89. The van der Waals surface area contributed by atoms with Gasteiger partial charge in [0.2, 0.25) is 5.88 Å². The minimum atomic E-state index is -0.445. The minimum absolute atomic E-state index is 0.278. The maximum atomic E-state index is 12.5. The van der Waals surface area contributed by atoms with Crippen LogP contribution in [-0.2, 0) is 0 Å². The third kappa shape index (κ3) is 3.44. The van der Waals surface area contributed by atoms with Crippen molar-refractivity contribution < 1.29 is 4.74 Å². The standard InChI is InChI=1S/C20H12Cl3N3O2/c1-11-9-12(21)5-7-16(11)28-17-8-6-15-19(20(27)24-10-26(15)25-17)18-13(22)3-2-4-14(18)23/h2-10H,1H3. The third-order valence-corrected chi connectivity index (χ3v) is 5.02. The number of fused-ring (bicyclic) bond motifs is 1. The van der Waals surface area contributed by atoms with Crippen molar-refractivity contribution in [2.45, 2.75) is 6.92 Å². The molecule has 0 aliphatic heterocycles. The quantitative estimate of drug-likeness (QED) is 0.409. The number of halogens is 3. The van der Waals surface area contributed by atoms with Crippen LogP contribution in [-0.4, -0.2) is 14.6 Å². The fourth-order valence-corrected chi connectivity index (χ4v) is 3.67. The zero-order valence-corrected chi connectivity index (χ0v) is 16.8. The zero-order valence-electron chi connectivity index (χ0n) is 14.5. The number of aryl methyl sites for hydroxylation is 1. The van der Waals surface area contributed by atoms with Crippen LogP contribution in [0.25, 0.3) is 16.6 Å². The maximum absolute atomic E-state index is 12.5. The highest BCUT2D eigenvalue weighted by Gasteiger charge is 2.17. The second kappa shape index (κ2) is 7.43. The minimum Gasteiger partial charge on any atom is -0.437 e. The summed E-state index contributed by atoms with van der Waals surface area (Å²) in [5, 5.41) is 5.73. The molecule has 28 heavy (non-hydrogen) atoms. The Labute approximate surface area is 175 Å². The Balaban J connectivity index is 1.84. The van der Waals surface area contributed by atoms with Gasteiger partial charge >= 0.3 is 0 Å². The van der Waals surface area contributed by atoms with Crippen molar-refractivity contribution in [2.24, 2.45) is 0 Å². The van der Waals surface area contributed by atoms with Crippen LogP contribution in [0.15, 0.2) is 59.7 Å². The molecule has 0 unspecified atom stereocenters. The van der Waals surface area contributed by atoms with Crippen LogP contribution in [0, 0.1) is 6.92 Å². The van der Waals surface area contributed by atoms with Crippen LogP contribution in [0.2, 0.25) is 15.1 Å². The third-order valence-electron chi connectivity index (χ3n) is 4.16. The van der Waals surface area contributed by atoms with Gasteiger partial charge in [-0.2, -0.15) is 4.98 Å². The van der Waals surface area contributed by atoms with Crippen LogP contribution >= 0.6 is 34.8 Å². The molecule has 4 rings (SSSR count). The summed E-state index contributed by atoms with van der Waals surface area (Å²) < 4.78 is 7.30. The molecule has 2 aromatic heterocycles. The van der Waals surface area contributed by atoms with E-state index < -0.39 is 5.56 Å². The first-order valence-corrected chi connectivity index (χ1v) is 9.34. The highest BCUT2D eigenvalue weighted by atomic mass is 35.5. The van der Waals surface area contributed by atoms with Gasteiger partial charge < -0.3 is 4.74 Å². The van der Waals surface area contributed by atoms with Gasteiger partial charge in [-0.1, -0.05) is 40.9 Å². The van der Waals surface area contributed by atoms with E-state index in [4.69, 9.17) is 39.5 Å². The first-order chi connectivity index (χ1) is 13.4. The van der Waals surface area contributed by atoms with Gasteiger partial charge in [0, 0.05) is 16.7 Å². The van der Waals surface area contributed by atoms with Gasteiger partial charge in [0.05, 0.1) is 21.1 Å². The predicted octanol–water partition coefficient (Wildman–Crippen LogP) is 5.82. The van der Waals surface area contributed by atoms with Crippen LogP contribution in [0.3, 0.4) is 0 Å². The lowest BCUT2D eigenvalue weighted by Crippen LogP contribution is -2.14. The number of hydrogen-bond donors (Lipinski definition) is 0. The first kappa shape index (κ1) is 18.7. The summed E-state index contributed by atoms with van der Waals surface area (Å²) in [6, 6.07) is 13.7. The molecule has 0 fully saturated rings. The Morgan fingerprint density at radius 3 is 2.43 bits per heavy atom. The molecule has 0 amide bonds. The highest BCUT2D eigenvalue weighted by molar-refractivity contribution is 6.39. The number of nitrogens with zero attached hydrogens (tertiary/aromatic N) is 3. The van der Waals surface area contributed by atoms with Gasteiger partial charge in [-0.05, 0) is 48.9 Å². The second-order valence-corrected chi connectivity index (χ2v) is 7.29. The Morgan fingerprint density at radius 1 is 0.964 bits per heavy atom. The fraction of sp³-hybridized carbons (Fsp3) is 0.0500. The van der Waals surface area contributed by atoms with Crippen molar-refractivity contribution in [1.29, 1.82) is 0 Å². The molecule has 2 heterocycles. The average molecular weight is 433 g/mol. The van der Waals surface area contributed by atoms with Crippen molar-refractivity contribution >= 4 is 40.3 Å². The Hall–Kier alpha value is -2.60. The smallest absolute Gasteiger partial charge is 0.281 e. The van der Waals surface area contributed by atoms with E-state index in [1.165, 1.54) is 10.8 Å². The van der Waals surface area contributed by atoms with Gasteiger partial charge in [-0.3, -0.25) is 4.79 Å². The van der Waals surface area contributed by atoms with Crippen LogP contribution in [0.1, 0.15) is 5.56 Å². The van der Waals surface area contributed by atoms with Gasteiger partial charge in [-0.15, -0.1) is 5.10 Å². The van der Waals surface area contributed by atoms with E-state index in [2.05, 4.69) is 10.1 Å². The molecule has 5 nitrogen and oxygen atoms in total. The van der Waals surface area contributed by atoms with Crippen molar-refractivity contribution in [2.75, 3.05) is 0 Å².